The molecule has 0 saturated heterocycles. The second-order valence-corrected chi connectivity index (χ2v) is 4.63. The van der Waals surface area contributed by atoms with Crippen molar-refractivity contribution in [2.75, 3.05) is 0 Å². The van der Waals surface area contributed by atoms with Gasteiger partial charge in [0.25, 0.3) is 5.91 Å². The number of hydrogen-bond donors (Lipinski definition) is 3. The van der Waals surface area contributed by atoms with E-state index < -0.39 is 6.04 Å². The van der Waals surface area contributed by atoms with Crippen LogP contribution in [0, 0.1) is 0 Å². The number of amidine groups is 1. The third kappa shape index (κ3) is 3.61. The number of rotatable bonds is 3. The molecule has 1 rings (SSSR count). The molecule has 0 radical (unpaired) electrons. The van der Waals surface area contributed by atoms with Gasteiger partial charge in [0.2, 0.25) is 0 Å². The summed E-state index contributed by atoms with van der Waals surface area (Å²) in [5, 5.41) is 14.3. The van der Waals surface area contributed by atoms with Crippen molar-refractivity contribution in [2.24, 2.45) is 10.9 Å². The van der Waals surface area contributed by atoms with Crippen LogP contribution >= 0.6 is 27.5 Å². The van der Waals surface area contributed by atoms with Gasteiger partial charge in [-0.05, 0) is 41.1 Å². The molecular weight excluding hydrogens is 309 g/mol. The molecular formula is C10H11BrClN3O2. The first-order valence-corrected chi connectivity index (χ1v) is 5.86. The van der Waals surface area contributed by atoms with Crippen LogP contribution in [0.4, 0.5) is 0 Å². The minimum absolute atomic E-state index is 0.0727. The van der Waals surface area contributed by atoms with Crippen molar-refractivity contribution in [1.29, 1.82) is 0 Å². The van der Waals surface area contributed by atoms with Gasteiger partial charge in [-0.2, -0.15) is 0 Å². The van der Waals surface area contributed by atoms with Crippen LogP contribution in [-0.4, -0.2) is 23.0 Å². The molecule has 1 amide bonds. The minimum atomic E-state index is -0.571. The molecule has 5 nitrogen and oxygen atoms in total. The summed E-state index contributed by atoms with van der Waals surface area (Å²) in [4.78, 5) is 11.9. The lowest BCUT2D eigenvalue weighted by atomic mass is 10.2. The highest BCUT2D eigenvalue weighted by molar-refractivity contribution is 9.10. The molecule has 0 aromatic heterocycles. The lowest BCUT2D eigenvalue weighted by Gasteiger charge is -2.13. The molecule has 0 bridgehead atoms. The topological polar surface area (TPSA) is 87.7 Å². The maximum atomic E-state index is 11.9. The van der Waals surface area contributed by atoms with Gasteiger partial charge in [0.15, 0.2) is 5.84 Å². The van der Waals surface area contributed by atoms with E-state index in [-0.39, 0.29) is 11.7 Å². The van der Waals surface area contributed by atoms with E-state index in [1.54, 1.807) is 19.1 Å². The number of carbonyl (C=O) groups is 1. The van der Waals surface area contributed by atoms with E-state index in [2.05, 4.69) is 26.4 Å². The number of halogens is 2. The van der Waals surface area contributed by atoms with Crippen LogP contribution in [0.2, 0.25) is 5.02 Å². The van der Waals surface area contributed by atoms with Crippen molar-refractivity contribution >= 4 is 39.3 Å². The van der Waals surface area contributed by atoms with Crippen molar-refractivity contribution in [3.05, 3.63) is 33.3 Å². The highest BCUT2D eigenvalue weighted by Gasteiger charge is 2.15. The van der Waals surface area contributed by atoms with Gasteiger partial charge in [-0.15, -0.1) is 0 Å². The quantitative estimate of drug-likeness (QED) is 0.344. The first kappa shape index (κ1) is 13.8. The number of carbonyl (C=O) groups excluding carboxylic acids is 1. The van der Waals surface area contributed by atoms with Gasteiger partial charge >= 0.3 is 0 Å². The first-order valence-electron chi connectivity index (χ1n) is 4.69. The van der Waals surface area contributed by atoms with Crippen LogP contribution in [0.1, 0.15) is 17.3 Å². The number of oxime groups is 1. The summed E-state index contributed by atoms with van der Waals surface area (Å²) in [7, 11) is 0. The molecule has 1 atom stereocenters. The van der Waals surface area contributed by atoms with Crippen LogP contribution in [0.5, 0.6) is 0 Å². The van der Waals surface area contributed by atoms with Gasteiger partial charge in [0.1, 0.15) is 0 Å². The number of nitrogens with one attached hydrogen (secondary N) is 1. The first-order chi connectivity index (χ1) is 7.95. The summed E-state index contributed by atoms with van der Waals surface area (Å²) in [5.74, 6) is -0.435. The monoisotopic (exact) mass is 319 g/mol. The molecule has 0 aliphatic heterocycles. The lowest BCUT2D eigenvalue weighted by Crippen LogP contribution is -2.42. The van der Waals surface area contributed by atoms with E-state index in [9.17, 15) is 4.79 Å². The molecule has 4 N–H and O–H groups in total. The largest absolute Gasteiger partial charge is 0.409 e. The molecule has 92 valence electrons. The maximum Gasteiger partial charge on any atom is 0.253 e. The van der Waals surface area contributed by atoms with E-state index in [0.717, 1.165) is 0 Å². The number of nitrogens with zero attached hydrogens (tertiary/aromatic N) is 1. The summed E-state index contributed by atoms with van der Waals surface area (Å²) >= 11 is 9.04. The Kier molecular flexibility index (Phi) is 4.77. The van der Waals surface area contributed by atoms with Crippen molar-refractivity contribution in [2.45, 2.75) is 13.0 Å². The summed E-state index contributed by atoms with van der Waals surface area (Å²) in [5.41, 5.74) is 5.74. The van der Waals surface area contributed by atoms with E-state index in [1.807, 2.05) is 0 Å². The maximum absolute atomic E-state index is 11.9. The van der Waals surface area contributed by atoms with Gasteiger partial charge < -0.3 is 16.3 Å². The van der Waals surface area contributed by atoms with E-state index in [4.69, 9.17) is 22.5 Å². The average molecular weight is 321 g/mol. The fourth-order valence-electron chi connectivity index (χ4n) is 1.11. The summed E-state index contributed by atoms with van der Waals surface area (Å²) in [6, 6.07) is 4.29. The Hall–Kier alpha value is -1.27. The van der Waals surface area contributed by atoms with Crippen LogP contribution in [-0.2, 0) is 0 Å². The Bertz CT molecular complexity index is 465. The second-order valence-electron chi connectivity index (χ2n) is 3.34. The molecule has 0 saturated carbocycles. The molecule has 1 aromatic carbocycles. The third-order valence-electron chi connectivity index (χ3n) is 2.08. The molecule has 0 aliphatic rings. The summed E-state index contributed by atoms with van der Waals surface area (Å²) < 4.78 is 0.617. The Labute approximate surface area is 112 Å². The minimum Gasteiger partial charge on any atom is -0.409 e. The summed E-state index contributed by atoms with van der Waals surface area (Å²) in [6.45, 7) is 1.60. The van der Waals surface area contributed by atoms with Crippen molar-refractivity contribution in [3.63, 3.8) is 0 Å². The Morgan fingerprint density at radius 1 is 1.65 bits per heavy atom. The Balaban J connectivity index is 2.87. The second kappa shape index (κ2) is 5.88. The van der Waals surface area contributed by atoms with Crippen LogP contribution in [0.25, 0.3) is 0 Å². The number of amides is 1. The molecule has 0 spiro atoms. The highest BCUT2D eigenvalue weighted by atomic mass is 79.9. The van der Waals surface area contributed by atoms with E-state index in [0.29, 0.717) is 15.1 Å². The van der Waals surface area contributed by atoms with Crippen LogP contribution in [0.3, 0.4) is 0 Å². The van der Waals surface area contributed by atoms with Gasteiger partial charge in [0, 0.05) is 9.50 Å². The number of hydrogen-bond acceptors (Lipinski definition) is 3. The highest BCUT2D eigenvalue weighted by Crippen LogP contribution is 2.21. The van der Waals surface area contributed by atoms with Gasteiger partial charge in [-0.1, -0.05) is 16.8 Å². The van der Waals surface area contributed by atoms with E-state index >= 15 is 0 Å². The smallest absolute Gasteiger partial charge is 0.253 e. The SMILES string of the molecule is CC(NC(=O)c1cc(Cl)ccc1Br)/C(N)=N/O. The molecule has 0 heterocycles. The fraction of sp³-hybridized carbons (Fsp3) is 0.200. The van der Waals surface area contributed by atoms with Crippen LogP contribution < -0.4 is 11.1 Å². The van der Waals surface area contributed by atoms with Gasteiger partial charge in [-0.25, -0.2) is 0 Å². The Morgan fingerprint density at radius 3 is 2.88 bits per heavy atom. The van der Waals surface area contributed by atoms with Gasteiger partial charge in [-0.3, -0.25) is 4.79 Å². The molecule has 0 fully saturated rings. The third-order valence-corrected chi connectivity index (χ3v) is 3.01. The van der Waals surface area contributed by atoms with Gasteiger partial charge in [0.05, 0.1) is 11.6 Å². The average Bonchev–Trinajstić information content (AvgIpc) is 2.30. The summed E-state index contributed by atoms with van der Waals surface area (Å²) in [6.07, 6.45) is 0. The number of benzene rings is 1. The van der Waals surface area contributed by atoms with Crippen LogP contribution in [0.15, 0.2) is 27.8 Å². The normalized spacial score (nSPS) is 13.2. The molecule has 0 aliphatic carbocycles. The zero-order chi connectivity index (χ0) is 13.0. The number of nitrogens with two attached hydrogens (primary N) is 1. The molecule has 1 aromatic rings. The molecule has 17 heavy (non-hydrogen) atoms. The predicted octanol–water partition coefficient (Wildman–Crippen LogP) is 1.97. The zero-order valence-electron chi connectivity index (χ0n) is 8.95. The fourth-order valence-corrected chi connectivity index (χ4v) is 1.71. The van der Waals surface area contributed by atoms with Crippen molar-refractivity contribution in [3.8, 4) is 0 Å². The lowest BCUT2D eigenvalue weighted by molar-refractivity contribution is 0.0948. The standard InChI is InChI=1S/C10H11BrClN3O2/c1-5(9(13)15-17)14-10(16)7-4-6(12)2-3-8(7)11/h2-5,17H,1H3,(H2,13,15)(H,14,16). The molecule has 7 heteroatoms. The Morgan fingerprint density at radius 2 is 2.29 bits per heavy atom. The van der Waals surface area contributed by atoms with Crippen molar-refractivity contribution < 1.29 is 10.0 Å². The zero-order valence-corrected chi connectivity index (χ0v) is 11.3. The van der Waals surface area contributed by atoms with E-state index in [1.165, 1.54) is 6.07 Å². The van der Waals surface area contributed by atoms with Crippen molar-refractivity contribution in [1.82, 2.24) is 5.32 Å². The predicted molar refractivity (Wildman–Crippen MR) is 69.5 cm³/mol. The molecule has 1 unspecified atom stereocenters.